The first-order valence-electron chi connectivity index (χ1n) is 9.96. The molecule has 1 aromatic rings. The third-order valence-corrected chi connectivity index (χ3v) is 6.01. The second-order valence-electron chi connectivity index (χ2n) is 6.39. The summed E-state index contributed by atoms with van der Waals surface area (Å²) in [4.78, 5) is 50.0. The molecule has 0 radical (unpaired) electrons. The molecule has 2 atom stereocenters. The zero-order valence-corrected chi connectivity index (χ0v) is 20.3. The summed E-state index contributed by atoms with van der Waals surface area (Å²) in [5, 5.41) is 5.09. The molecule has 10 nitrogen and oxygen atoms in total. The quantitative estimate of drug-likeness (QED) is 0.274. The van der Waals surface area contributed by atoms with Gasteiger partial charge in [0.2, 0.25) is 0 Å². The molecule has 1 aliphatic rings. The van der Waals surface area contributed by atoms with E-state index in [1.807, 2.05) is 0 Å². The molecule has 0 spiro atoms. The molecule has 2 unspecified atom stereocenters. The largest absolute Gasteiger partial charge is 0.488 e. The average molecular weight is 507 g/mol. The van der Waals surface area contributed by atoms with Crippen LogP contribution in [-0.2, 0) is 19.1 Å². The highest BCUT2D eigenvalue weighted by Gasteiger charge is 2.33. The molecule has 0 saturated heterocycles. The minimum absolute atomic E-state index is 0.0198. The van der Waals surface area contributed by atoms with Crippen molar-refractivity contribution in [3.05, 3.63) is 9.75 Å². The smallest absolute Gasteiger partial charge is 0.329 e. The SMILES string of the molecule is CCOC(=O)C(CS)NC(=O)c1sc(C(=O)NC(CS)C(=O)OCC)c2c1OCCCO2. The molecular formula is C19H26N2O8S3. The second-order valence-corrected chi connectivity index (χ2v) is 8.14. The maximum Gasteiger partial charge on any atom is 0.329 e. The number of carbonyl (C=O) groups is 4. The van der Waals surface area contributed by atoms with Crippen molar-refractivity contribution < 1.29 is 38.1 Å². The van der Waals surface area contributed by atoms with Gasteiger partial charge in [0.05, 0.1) is 26.4 Å². The summed E-state index contributed by atoms with van der Waals surface area (Å²) in [7, 11) is 0. The lowest BCUT2D eigenvalue weighted by atomic mass is 10.2. The molecule has 2 amide bonds. The number of thiophene rings is 1. The summed E-state index contributed by atoms with van der Waals surface area (Å²) < 4.78 is 21.2. The Hall–Kier alpha value is -2.12. The van der Waals surface area contributed by atoms with Gasteiger partial charge in [-0.05, 0) is 13.8 Å². The number of esters is 2. The highest BCUT2D eigenvalue weighted by molar-refractivity contribution is 7.80. The van der Waals surface area contributed by atoms with Crippen LogP contribution in [0.2, 0.25) is 0 Å². The van der Waals surface area contributed by atoms with Crippen molar-refractivity contribution in [1.29, 1.82) is 0 Å². The number of nitrogens with one attached hydrogen (secondary N) is 2. The lowest BCUT2D eigenvalue weighted by molar-refractivity contribution is -0.145. The first-order chi connectivity index (χ1) is 15.4. The van der Waals surface area contributed by atoms with Crippen LogP contribution in [-0.4, -0.2) is 73.8 Å². The molecule has 0 aromatic carbocycles. The van der Waals surface area contributed by atoms with Gasteiger partial charge in [-0.25, -0.2) is 9.59 Å². The Morgan fingerprint density at radius 2 is 1.28 bits per heavy atom. The normalized spacial score (nSPS) is 14.5. The van der Waals surface area contributed by atoms with E-state index in [0.29, 0.717) is 6.42 Å². The Bertz CT molecular complexity index is 780. The summed E-state index contributed by atoms with van der Waals surface area (Å²) >= 11 is 9.01. The van der Waals surface area contributed by atoms with Crippen molar-refractivity contribution in [3.63, 3.8) is 0 Å². The second kappa shape index (κ2) is 12.8. The maximum absolute atomic E-state index is 12.9. The van der Waals surface area contributed by atoms with Crippen LogP contribution in [0.25, 0.3) is 0 Å². The highest BCUT2D eigenvalue weighted by atomic mass is 32.1. The predicted molar refractivity (Wildman–Crippen MR) is 123 cm³/mol. The number of amides is 2. The van der Waals surface area contributed by atoms with Crippen LogP contribution in [0.1, 0.15) is 39.6 Å². The summed E-state index contributed by atoms with van der Waals surface area (Å²) in [6.07, 6.45) is 0.547. The van der Waals surface area contributed by atoms with Crippen molar-refractivity contribution in [2.75, 3.05) is 37.9 Å². The monoisotopic (exact) mass is 506 g/mol. The van der Waals surface area contributed by atoms with Gasteiger partial charge in [0, 0.05) is 17.9 Å². The average Bonchev–Trinajstić information content (AvgIpc) is 2.97. The van der Waals surface area contributed by atoms with Gasteiger partial charge in [0.25, 0.3) is 11.8 Å². The zero-order chi connectivity index (χ0) is 23.7. The Labute approximate surface area is 200 Å². The molecule has 2 rings (SSSR count). The Balaban J connectivity index is 2.32. The Morgan fingerprint density at radius 1 is 0.875 bits per heavy atom. The van der Waals surface area contributed by atoms with E-state index >= 15 is 0 Å². The lowest BCUT2D eigenvalue weighted by Gasteiger charge is -2.15. The van der Waals surface area contributed by atoms with Crippen LogP contribution in [0.4, 0.5) is 0 Å². The summed E-state index contributed by atoms with van der Waals surface area (Å²) in [6.45, 7) is 4.17. The van der Waals surface area contributed by atoms with Crippen LogP contribution < -0.4 is 20.1 Å². The molecule has 2 N–H and O–H groups in total. The van der Waals surface area contributed by atoms with E-state index in [2.05, 4.69) is 35.9 Å². The molecule has 0 bridgehead atoms. The number of rotatable bonds is 10. The summed E-state index contributed by atoms with van der Waals surface area (Å²) in [5.41, 5.74) is 0. The predicted octanol–water partition coefficient (Wildman–Crippen LogP) is 1.09. The van der Waals surface area contributed by atoms with Crippen molar-refractivity contribution in [1.82, 2.24) is 10.6 Å². The van der Waals surface area contributed by atoms with Gasteiger partial charge in [-0.15, -0.1) is 11.3 Å². The van der Waals surface area contributed by atoms with Gasteiger partial charge in [-0.1, -0.05) is 0 Å². The number of hydrogen-bond acceptors (Lipinski definition) is 11. The van der Waals surface area contributed by atoms with E-state index in [1.54, 1.807) is 13.8 Å². The van der Waals surface area contributed by atoms with Gasteiger partial charge >= 0.3 is 11.9 Å². The van der Waals surface area contributed by atoms with Crippen LogP contribution in [0.3, 0.4) is 0 Å². The van der Waals surface area contributed by atoms with E-state index in [-0.39, 0.29) is 59.2 Å². The number of fused-ring (bicyclic) bond motifs is 1. The molecule has 178 valence electrons. The maximum atomic E-state index is 12.9. The van der Waals surface area contributed by atoms with Crippen LogP contribution in [0.15, 0.2) is 0 Å². The lowest BCUT2D eigenvalue weighted by Crippen LogP contribution is -2.43. The molecule has 0 aliphatic carbocycles. The van der Waals surface area contributed by atoms with E-state index in [4.69, 9.17) is 18.9 Å². The Kier molecular flexibility index (Phi) is 10.5. The molecule has 0 fully saturated rings. The highest BCUT2D eigenvalue weighted by Crippen LogP contribution is 2.43. The standard InChI is InChI=1S/C19H26N2O8S3/c1-3-26-18(24)10(8-30)20-16(22)14-12-13(29-7-5-6-28-12)15(32-14)17(23)21-11(9-31)19(25)27-4-2/h10-11,30-31H,3-9H2,1-2H3,(H,20,22)(H,21,23). The van der Waals surface area contributed by atoms with Crippen molar-refractivity contribution in [2.24, 2.45) is 0 Å². The Morgan fingerprint density at radius 3 is 1.62 bits per heavy atom. The third-order valence-electron chi connectivity index (χ3n) is 4.13. The first kappa shape index (κ1) is 26.1. The van der Waals surface area contributed by atoms with Crippen molar-refractivity contribution in [3.8, 4) is 11.5 Å². The van der Waals surface area contributed by atoms with Gasteiger partial charge < -0.3 is 29.6 Å². The van der Waals surface area contributed by atoms with E-state index in [1.165, 1.54) is 0 Å². The fourth-order valence-corrected chi connectivity index (χ4v) is 4.14. The third kappa shape index (κ3) is 6.45. The number of thiol groups is 2. The number of hydrogen-bond donors (Lipinski definition) is 4. The molecule has 1 aliphatic heterocycles. The molecule has 0 saturated carbocycles. The van der Waals surface area contributed by atoms with Gasteiger partial charge in [0.1, 0.15) is 21.8 Å². The van der Waals surface area contributed by atoms with E-state index in [9.17, 15) is 19.2 Å². The summed E-state index contributed by atoms with van der Waals surface area (Å²) in [6, 6.07) is -1.96. The van der Waals surface area contributed by atoms with Crippen LogP contribution in [0.5, 0.6) is 11.5 Å². The fraction of sp³-hybridized carbons (Fsp3) is 0.579. The van der Waals surface area contributed by atoms with Crippen molar-refractivity contribution >= 4 is 60.3 Å². The van der Waals surface area contributed by atoms with Crippen molar-refractivity contribution in [2.45, 2.75) is 32.4 Å². The van der Waals surface area contributed by atoms with Crippen LogP contribution in [0, 0.1) is 0 Å². The minimum atomic E-state index is -0.982. The molecule has 32 heavy (non-hydrogen) atoms. The van der Waals surface area contributed by atoms with E-state index < -0.39 is 35.8 Å². The molecule has 1 aromatic heterocycles. The first-order valence-corrected chi connectivity index (χ1v) is 12.0. The molecule has 13 heteroatoms. The molecule has 2 heterocycles. The van der Waals surface area contributed by atoms with Gasteiger partial charge in [-0.3, -0.25) is 9.59 Å². The topological polar surface area (TPSA) is 129 Å². The molecular weight excluding hydrogens is 480 g/mol. The number of ether oxygens (including phenoxy) is 4. The number of carbonyl (C=O) groups excluding carboxylic acids is 4. The fourth-order valence-electron chi connectivity index (χ4n) is 2.66. The van der Waals surface area contributed by atoms with Crippen LogP contribution >= 0.6 is 36.6 Å². The van der Waals surface area contributed by atoms with Gasteiger partial charge in [-0.2, -0.15) is 25.3 Å². The minimum Gasteiger partial charge on any atom is -0.488 e. The summed E-state index contributed by atoms with van der Waals surface area (Å²) in [5.74, 6) is -2.28. The zero-order valence-electron chi connectivity index (χ0n) is 17.7. The van der Waals surface area contributed by atoms with E-state index in [0.717, 1.165) is 11.3 Å². The van der Waals surface area contributed by atoms with Gasteiger partial charge in [0.15, 0.2) is 11.5 Å².